The quantitative estimate of drug-likeness (QED) is 0.834. The zero-order chi connectivity index (χ0) is 10.1. The first-order valence-electron chi connectivity index (χ1n) is 3.70. The highest BCUT2D eigenvalue weighted by Gasteiger charge is 2.08. The Balaban J connectivity index is 2.67. The summed E-state index contributed by atoms with van der Waals surface area (Å²) in [5.41, 5.74) is 1.07. The lowest BCUT2D eigenvalue weighted by molar-refractivity contribution is 0.0682. The summed E-state index contributed by atoms with van der Waals surface area (Å²) >= 11 is 3.27. The van der Waals surface area contributed by atoms with E-state index in [0.29, 0.717) is 11.0 Å². The third kappa shape index (κ3) is 1.56. The number of benzene rings is 1. The summed E-state index contributed by atoms with van der Waals surface area (Å²) in [6, 6.07) is 5.17. The van der Waals surface area contributed by atoms with E-state index in [2.05, 4.69) is 31.1 Å². The van der Waals surface area contributed by atoms with Crippen LogP contribution in [-0.4, -0.2) is 26.3 Å². The maximum Gasteiger partial charge on any atom is 0.375 e. The fourth-order valence-electron chi connectivity index (χ4n) is 1.000. The van der Waals surface area contributed by atoms with Crippen molar-refractivity contribution in [2.24, 2.45) is 0 Å². The largest absolute Gasteiger partial charge is 0.475 e. The number of hydrogen-bond acceptors (Lipinski definition) is 4. The average molecular weight is 254 g/mol. The molecule has 0 atom stereocenters. The Bertz CT molecular complexity index is 515. The van der Waals surface area contributed by atoms with Crippen molar-refractivity contribution in [3.8, 4) is 0 Å². The molecular formula is C8H4BrN3O2. The summed E-state index contributed by atoms with van der Waals surface area (Å²) in [6.07, 6.45) is 0. The van der Waals surface area contributed by atoms with Crippen LogP contribution in [0, 0.1) is 0 Å². The molecule has 0 aliphatic carbocycles. The maximum atomic E-state index is 10.5. The minimum Gasteiger partial charge on any atom is -0.475 e. The van der Waals surface area contributed by atoms with E-state index < -0.39 is 5.97 Å². The summed E-state index contributed by atoms with van der Waals surface area (Å²) in [6.45, 7) is 0. The minimum atomic E-state index is -1.18. The van der Waals surface area contributed by atoms with Gasteiger partial charge in [0.15, 0.2) is 0 Å². The van der Waals surface area contributed by atoms with Crippen LogP contribution in [-0.2, 0) is 0 Å². The van der Waals surface area contributed by atoms with Gasteiger partial charge in [0, 0.05) is 4.47 Å². The molecule has 1 aromatic heterocycles. The molecular weight excluding hydrogens is 250 g/mol. The van der Waals surface area contributed by atoms with E-state index in [4.69, 9.17) is 5.11 Å². The van der Waals surface area contributed by atoms with Crippen LogP contribution in [0.4, 0.5) is 0 Å². The van der Waals surface area contributed by atoms with Crippen LogP contribution in [0.25, 0.3) is 11.0 Å². The topological polar surface area (TPSA) is 76.0 Å². The highest BCUT2D eigenvalue weighted by atomic mass is 79.9. The van der Waals surface area contributed by atoms with Crippen molar-refractivity contribution in [2.45, 2.75) is 0 Å². The van der Waals surface area contributed by atoms with Gasteiger partial charge in [-0.3, -0.25) is 0 Å². The van der Waals surface area contributed by atoms with Gasteiger partial charge in [0.25, 0.3) is 5.82 Å². The Morgan fingerprint density at radius 1 is 1.29 bits per heavy atom. The van der Waals surface area contributed by atoms with E-state index in [1.54, 1.807) is 18.2 Å². The summed E-state index contributed by atoms with van der Waals surface area (Å²) in [5.74, 6) is -1.47. The number of carboxylic acid groups (broad SMARTS) is 1. The molecule has 0 spiro atoms. The monoisotopic (exact) mass is 253 g/mol. The number of rotatable bonds is 1. The van der Waals surface area contributed by atoms with Crippen LogP contribution < -0.4 is 0 Å². The molecule has 14 heavy (non-hydrogen) atoms. The second kappa shape index (κ2) is 3.30. The SMILES string of the molecule is O=C(O)c1nnc2cc(Br)ccc2n1. The summed E-state index contributed by atoms with van der Waals surface area (Å²) in [4.78, 5) is 14.4. The molecule has 1 aromatic carbocycles. The molecule has 2 aromatic rings. The average Bonchev–Trinajstić information content (AvgIpc) is 2.16. The molecule has 0 unspecified atom stereocenters. The van der Waals surface area contributed by atoms with Gasteiger partial charge in [-0.05, 0) is 18.2 Å². The number of aromatic nitrogens is 3. The van der Waals surface area contributed by atoms with Crippen molar-refractivity contribution in [3.63, 3.8) is 0 Å². The van der Waals surface area contributed by atoms with E-state index in [0.717, 1.165) is 4.47 Å². The van der Waals surface area contributed by atoms with Crippen molar-refractivity contribution >= 4 is 32.9 Å². The Hall–Kier alpha value is -1.56. The van der Waals surface area contributed by atoms with Crippen molar-refractivity contribution in [1.29, 1.82) is 0 Å². The van der Waals surface area contributed by atoms with Crippen LogP contribution in [0.2, 0.25) is 0 Å². The molecule has 6 heteroatoms. The van der Waals surface area contributed by atoms with Gasteiger partial charge in [-0.25, -0.2) is 9.78 Å². The Kier molecular flexibility index (Phi) is 2.12. The summed E-state index contributed by atoms with van der Waals surface area (Å²) in [7, 11) is 0. The van der Waals surface area contributed by atoms with Crippen LogP contribution in [0.15, 0.2) is 22.7 Å². The van der Waals surface area contributed by atoms with Crippen molar-refractivity contribution in [2.75, 3.05) is 0 Å². The fraction of sp³-hybridized carbons (Fsp3) is 0. The lowest BCUT2D eigenvalue weighted by Gasteiger charge is -1.96. The first-order valence-corrected chi connectivity index (χ1v) is 4.49. The molecule has 1 heterocycles. The van der Waals surface area contributed by atoms with Crippen LogP contribution >= 0.6 is 15.9 Å². The van der Waals surface area contributed by atoms with Crippen LogP contribution in [0.5, 0.6) is 0 Å². The third-order valence-electron chi connectivity index (χ3n) is 1.61. The summed E-state index contributed by atoms with van der Waals surface area (Å²) < 4.78 is 0.851. The Morgan fingerprint density at radius 3 is 2.79 bits per heavy atom. The van der Waals surface area contributed by atoms with E-state index >= 15 is 0 Å². The van der Waals surface area contributed by atoms with E-state index in [-0.39, 0.29) is 5.82 Å². The number of fused-ring (bicyclic) bond motifs is 1. The van der Waals surface area contributed by atoms with Gasteiger partial charge in [0.05, 0.1) is 5.52 Å². The van der Waals surface area contributed by atoms with Gasteiger partial charge in [-0.2, -0.15) is 0 Å². The number of carboxylic acids is 1. The highest BCUT2D eigenvalue weighted by molar-refractivity contribution is 9.10. The molecule has 0 radical (unpaired) electrons. The van der Waals surface area contributed by atoms with Gasteiger partial charge >= 0.3 is 5.97 Å². The first-order chi connectivity index (χ1) is 6.66. The zero-order valence-corrected chi connectivity index (χ0v) is 8.39. The normalized spacial score (nSPS) is 10.4. The minimum absolute atomic E-state index is 0.292. The lowest BCUT2D eigenvalue weighted by Crippen LogP contribution is -2.05. The number of aromatic carboxylic acids is 1. The molecule has 0 bridgehead atoms. The highest BCUT2D eigenvalue weighted by Crippen LogP contribution is 2.15. The predicted octanol–water partition coefficient (Wildman–Crippen LogP) is 1.49. The number of halogens is 1. The second-order valence-electron chi connectivity index (χ2n) is 2.57. The standard InChI is InChI=1S/C8H4BrN3O2/c9-4-1-2-5-6(3-4)11-12-7(10-5)8(13)14/h1-3H,(H,13,14). The second-order valence-corrected chi connectivity index (χ2v) is 3.49. The van der Waals surface area contributed by atoms with E-state index in [1.807, 2.05) is 0 Å². The first kappa shape index (κ1) is 9.01. The van der Waals surface area contributed by atoms with Crippen molar-refractivity contribution in [3.05, 3.63) is 28.5 Å². The smallest absolute Gasteiger partial charge is 0.375 e. The molecule has 70 valence electrons. The van der Waals surface area contributed by atoms with Gasteiger partial charge in [0.1, 0.15) is 5.52 Å². The maximum absolute atomic E-state index is 10.5. The molecule has 0 saturated heterocycles. The van der Waals surface area contributed by atoms with Gasteiger partial charge in [-0.1, -0.05) is 15.9 Å². The van der Waals surface area contributed by atoms with Crippen molar-refractivity contribution < 1.29 is 9.90 Å². The molecule has 0 aliphatic rings. The lowest BCUT2D eigenvalue weighted by atomic mass is 10.3. The number of nitrogens with zero attached hydrogens (tertiary/aromatic N) is 3. The molecule has 1 N–H and O–H groups in total. The molecule has 0 aliphatic heterocycles. The molecule has 5 nitrogen and oxygen atoms in total. The van der Waals surface area contributed by atoms with E-state index in [1.165, 1.54) is 0 Å². The van der Waals surface area contributed by atoms with E-state index in [9.17, 15) is 4.79 Å². The van der Waals surface area contributed by atoms with Gasteiger partial charge < -0.3 is 5.11 Å². The molecule has 0 amide bonds. The van der Waals surface area contributed by atoms with Gasteiger partial charge in [0.2, 0.25) is 0 Å². The fourth-order valence-corrected chi connectivity index (χ4v) is 1.35. The molecule has 2 rings (SSSR count). The number of carbonyl (C=O) groups is 1. The predicted molar refractivity (Wildman–Crippen MR) is 52.0 cm³/mol. The molecule has 0 fully saturated rings. The summed E-state index contributed by atoms with van der Waals surface area (Å²) in [5, 5.41) is 15.8. The third-order valence-corrected chi connectivity index (χ3v) is 2.10. The van der Waals surface area contributed by atoms with Crippen molar-refractivity contribution in [1.82, 2.24) is 15.2 Å². The van der Waals surface area contributed by atoms with Crippen LogP contribution in [0.3, 0.4) is 0 Å². The number of hydrogen-bond donors (Lipinski definition) is 1. The molecule has 0 saturated carbocycles. The zero-order valence-electron chi connectivity index (χ0n) is 6.81. The van der Waals surface area contributed by atoms with Crippen LogP contribution in [0.1, 0.15) is 10.6 Å². The Morgan fingerprint density at radius 2 is 2.07 bits per heavy atom. The van der Waals surface area contributed by atoms with Gasteiger partial charge in [-0.15, -0.1) is 10.2 Å². The Labute approximate surface area is 86.9 Å².